The monoisotopic (exact) mass is 256 g/mol. The molecule has 0 N–H and O–H groups in total. The Labute approximate surface area is 92.4 Å². The molecule has 14 heavy (non-hydrogen) atoms. The molecule has 0 saturated heterocycles. The van der Waals surface area contributed by atoms with Crippen molar-refractivity contribution in [1.29, 1.82) is 0 Å². The molecule has 0 aliphatic rings. The van der Waals surface area contributed by atoms with Crippen LogP contribution in [-0.4, -0.2) is 18.4 Å². The maximum absolute atomic E-state index is 11.2. The Balaban J connectivity index is 2.95. The third-order valence-corrected chi connectivity index (χ3v) is 3.08. The molecule has 2 nitrogen and oxygen atoms in total. The second-order valence-electron chi connectivity index (χ2n) is 3.17. The summed E-state index contributed by atoms with van der Waals surface area (Å²) in [6.07, 6.45) is 0. The van der Waals surface area contributed by atoms with Gasteiger partial charge in [0.25, 0.3) is 0 Å². The predicted molar refractivity (Wildman–Crippen MR) is 60.0 cm³/mol. The quantitative estimate of drug-likeness (QED) is 0.614. The largest absolute Gasteiger partial charge is 0.465 e. The molecule has 1 atom stereocenters. The Kier molecular flexibility index (Phi) is 4.14. The molecule has 0 bridgehead atoms. The summed E-state index contributed by atoms with van der Waals surface area (Å²) in [4.78, 5) is 11.2. The van der Waals surface area contributed by atoms with E-state index in [9.17, 15) is 4.79 Å². The Bertz CT molecular complexity index is 323. The van der Waals surface area contributed by atoms with Gasteiger partial charge in [-0.05, 0) is 23.6 Å². The summed E-state index contributed by atoms with van der Waals surface area (Å²) in [5.41, 5.74) is 1.75. The van der Waals surface area contributed by atoms with E-state index in [1.54, 1.807) is 6.07 Å². The number of hydrogen-bond donors (Lipinski definition) is 0. The normalized spacial score (nSPS) is 12.2. The third kappa shape index (κ3) is 2.58. The van der Waals surface area contributed by atoms with Gasteiger partial charge in [-0.2, -0.15) is 0 Å². The molecule has 0 saturated carbocycles. The van der Waals surface area contributed by atoms with Crippen LogP contribution >= 0.6 is 15.9 Å². The number of rotatable bonds is 3. The van der Waals surface area contributed by atoms with Crippen molar-refractivity contribution in [2.24, 2.45) is 0 Å². The van der Waals surface area contributed by atoms with E-state index in [2.05, 4.69) is 27.6 Å². The number of esters is 1. The fraction of sp³-hybridized carbons (Fsp3) is 0.364. The van der Waals surface area contributed by atoms with E-state index in [0.29, 0.717) is 11.5 Å². The molecule has 0 aliphatic heterocycles. The van der Waals surface area contributed by atoms with Crippen LogP contribution in [0.5, 0.6) is 0 Å². The summed E-state index contributed by atoms with van der Waals surface area (Å²) in [7, 11) is 1.39. The van der Waals surface area contributed by atoms with Gasteiger partial charge in [0.1, 0.15) is 0 Å². The van der Waals surface area contributed by atoms with Gasteiger partial charge < -0.3 is 4.74 Å². The SMILES string of the molecule is COC(=O)c1cccc(C(C)CBr)c1. The summed E-state index contributed by atoms with van der Waals surface area (Å²) < 4.78 is 4.65. The van der Waals surface area contributed by atoms with Gasteiger partial charge in [0, 0.05) is 5.33 Å². The van der Waals surface area contributed by atoms with E-state index in [1.807, 2.05) is 18.2 Å². The zero-order valence-corrected chi connectivity index (χ0v) is 9.87. The van der Waals surface area contributed by atoms with Gasteiger partial charge in [-0.1, -0.05) is 35.0 Å². The van der Waals surface area contributed by atoms with E-state index in [4.69, 9.17) is 0 Å². The second kappa shape index (κ2) is 5.15. The van der Waals surface area contributed by atoms with Gasteiger partial charge in [-0.3, -0.25) is 0 Å². The molecule has 0 heterocycles. The highest BCUT2D eigenvalue weighted by Crippen LogP contribution is 2.18. The lowest BCUT2D eigenvalue weighted by Gasteiger charge is -2.08. The molecule has 0 amide bonds. The second-order valence-corrected chi connectivity index (χ2v) is 3.82. The van der Waals surface area contributed by atoms with Crippen molar-refractivity contribution in [3.05, 3.63) is 35.4 Å². The minimum atomic E-state index is -0.284. The number of hydrogen-bond acceptors (Lipinski definition) is 2. The summed E-state index contributed by atoms with van der Waals surface area (Å²) in [6, 6.07) is 7.52. The Morgan fingerprint density at radius 2 is 2.29 bits per heavy atom. The van der Waals surface area contributed by atoms with Crippen LogP contribution in [0.3, 0.4) is 0 Å². The molecular formula is C11H13BrO2. The molecule has 0 aliphatic carbocycles. The highest BCUT2D eigenvalue weighted by atomic mass is 79.9. The first-order chi connectivity index (χ1) is 6.69. The lowest BCUT2D eigenvalue weighted by molar-refractivity contribution is 0.0600. The molecule has 1 unspecified atom stereocenters. The standard InChI is InChI=1S/C11H13BrO2/c1-8(7-12)9-4-3-5-10(6-9)11(13)14-2/h3-6,8H,7H2,1-2H3. The Hall–Kier alpha value is -0.830. The highest BCUT2D eigenvalue weighted by molar-refractivity contribution is 9.09. The highest BCUT2D eigenvalue weighted by Gasteiger charge is 2.08. The number of benzene rings is 1. The number of carbonyl (C=O) groups is 1. The van der Waals surface area contributed by atoms with Gasteiger partial charge in [0.2, 0.25) is 0 Å². The average molecular weight is 257 g/mol. The maximum Gasteiger partial charge on any atom is 0.337 e. The van der Waals surface area contributed by atoms with Crippen molar-refractivity contribution < 1.29 is 9.53 Å². The van der Waals surface area contributed by atoms with E-state index in [1.165, 1.54) is 7.11 Å². The number of ether oxygens (including phenoxy) is 1. The zero-order valence-electron chi connectivity index (χ0n) is 8.29. The van der Waals surface area contributed by atoms with Gasteiger partial charge in [-0.15, -0.1) is 0 Å². The molecule has 0 aromatic heterocycles. The van der Waals surface area contributed by atoms with E-state index in [0.717, 1.165) is 10.9 Å². The molecule has 0 spiro atoms. The van der Waals surface area contributed by atoms with Crippen LogP contribution in [0, 0.1) is 0 Å². The van der Waals surface area contributed by atoms with Crippen LogP contribution in [0.2, 0.25) is 0 Å². The molecule has 1 rings (SSSR count). The minimum absolute atomic E-state index is 0.284. The topological polar surface area (TPSA) is 26.3 Å². The van der Waals surface area contributed by atoms with Crippen LogP contribution < -0.4 is 0 Å². The fourth-order valence-corrected chi connectivity index (χ4v) is 1.55. The average Bonchev–Trinajstić information content (AvgIpc) is 2.27. The van der Waals surface area contributed by atoms with Crippen LogP contribution in [0.1, 0.15) is 28.8 Å². The lowest BCUT2D eigenvalue weighted by Crippen LogP contribution is -2.03. The zero-order chi connectivity index (χ0) is 10.6. The molecular weight excluding hydrogens is 244 g/mol. The molecule has 1 aromatic carbocycles. The molecule has 0 radical (unpaired) electrons. The van der Waals surface area contributed by atoms with Crippen molar-refractivity contribution in [1.82, 2.24) is 0 Å². The van der Waals surface area contributed by atoms with Crippen molar-refractivity contribution in [2.45, 2.75) is 12.8 Å². The molecule has 1 aromatic rings. The summed E-state index contributed by atoms with van der Waals surface area (Å²) in [5.74, 6) is 0.119. The summed E-state index contributed by atoms with van der Waals surface area (Å²) in [6.45, 7) is 2.10. The summed E-state index contributed by atoms with van der Waals surface area (Å²) >= 11 is 3.41. The minimum Gasteiger partial charge on any atom is -0.465 e. The lowest BCUT2D eigenvalue weighted by atomic mass is 10.0. The number of alkyl halides is 1. The molecule has 0 fully saturated rings. The molecule has 3 heteroatoms. The van der Waals surface area contributed by atoms with E-state index in [-0.39, 0.29) is 5.97 Å². The first-order valence-corrected chi connectivity index (χ1v) is 5.55. The number of carbonyl (C=O) groups excluding carboxylic acids is 1. The van der Waals surface area contributed by atoms with Crippen LogP contribution in [0.25, 0.3) is 0 Å². The van der Waals surface area contributed by atoms with Crippen LogP contribution in [0.4, 0.5) is 0 Å². The fourth-order valence-electron chi connectivity index (χ4n) is 1.18. The predicted octanol–water partition coefficient (Wildman–Crippen LogP) is 2.97. The van der Waals surface area contributed by atoms with Gasteiger partial charge in [-0.25, -0.2) is 4.79 Å². The first-order valence-electron chi connectivity index (χ1n) is 4.43. The summed E-state index contributed by atoms with van der Waals surface area (Å²) in [5, 5.41) is 0.887. The number of methoxy groups -OCH3 is 1. The maximum atomic E-state index is 11.2. The van der Waals surface area contributed by atoms with Crippen LogP contribution in [0.15, 0.2) is 24.3 Å². The first kappa shape index (κ1) is 11.2. The van der Waals surface area contributed by atoms with Gasteiger partial charge >= 0.3 is 5.97 Å². The van der Waals surface area contributed by atoms with Crippen molar-refractivity contribution >= 4 is 21.9 Å². The third-order valence-electron chi connectivity index (χ3n) is 2.11. The Morgan fingerprint density at radius 3 is 2.86 bits per heavy atom. The van der Waals surface area contributed by atoms with Crippen molar-refractivity contribution in [2.75, 3.05) is 12.4 Å². The number of halogens is 1. The van der Waals surface area contributed by atoms with Gasteiger partial charge in [0.15, 0.2) is 0 Å². The molecule has 76 valence electrons. The Morgan fingerprint density at radius 1 is 1.57 bits per heavy atom. The smallest absolute Gasteiger partial charge is 0.337 e. The van der Waals surface area contributed by atoms with E-state index < -0.39 is 0 Å². The van der Waals surface area contributed by atoms with Crippen molar-refractivity contribution in [3.8, 4) is 0 Å². The van der Waals surface area contributed by atoms with Crippen LogP contribution in [-0.2, 0) is 4.74 Å². The van der Waals surface area contributed by atoms with Gasteiger partial charge in [0.05, 0.1) is 12.7 Å². The van der Waals surface area contributed by atoms with E-state index >= 15 is 0 Å². The van der Waals surface area contributed by atoms with Crippen molar-refractivity contribution in [3.63, 3.8) is 0 Å².